The van der Waals surface area contributed by atoms with Gasteiger partial charge >= 0.3 is 0 Å². The minimum Gasteiger partial charge on any atom is -0.455 e. The lowest BCUT2D eigenvalue weighted by Crippen LogP contribution is -2.40. The van der Waals surface area contributed by atoms with Crippen molar-refractivity contribution in [3.05, 3.63) is 84.4 Å². The van der Waals surface area contributed by atoms with Gasteiger partial charge in [-0.2, -0.15) is 0 Å². The molecule has 10 heteroatoms. The Balaban J connectivity index is 1.33. The van der Waals surface area contributed by atoms with E-state index in [4.69, 9.17) is 4.74 Å². The van der Waals surface area contributed by atoms with E-state index in [0.29, 0.717) is 24.0 Å². The largest absolute Gasteiger partial charge is 0.455 e. The van der Waals surface area contributed by atoms with Gasteiger partial charge in [-0.1, -0.05) is 30.3 Å². The van der Waals surface area contributed by atoms with Crippen LogP contribution >= 0.6 is 0 Å². The molecule has 0 radical (unpaired) electrons. The minimum atomic E-state index is -3.94. The lowest BCUT2D eigenvalue weighted by atomic mass is 9.98. The molecular formula is C27H30N4O5S. The number of para-hydroxylation sites is 3. The third-order valence-electron chi connectivity index (χ3n) is 5.99. The minimum absolute atomic E-state index is 0.0155. The fourth-order valence-electron chi connectivity index (χ4n) is 3.91. The monoisotopic (exact) mass is 522 g/mol. The van der Waals surface area contributed by atoms with E-state index in [1.807, 2.05) is 18.2 Å². The highest BCUT2D eigenvalue weighted by atomic mass is 32.2. The van der Waals surface area contributed by atoms with Crippen molar-refractivity contribution < 1.29 is 22.7 Å². The van der Waals surface area contributed by atoms with Crippen molar-refractivity contribution in [2.75, 3.05) is 30.9 Å². The van der Waals surface area contributed by atoms with Gasteiger partial charge in [0, 0.05) is 12.1 Å². The Bertz CT molecular complexity index is 1310. The Morgan fingerprint density at radius 2 is 1.54 bits per heavy atom. The number of rotatable bonds is 10. The highest BCUT2D eigenvalue weighted by molar-refractivity contribution is 7.92. The van der Waals surface area contributed by atoms with Gasteiger partial charge in [-0.25, -0.2) is 8.42 Å². The number of sulfonamides is 1. The summed E-state index contributed by atoms with van der Waals surface area (Å²) in [5, 5.41) is 8.70. The SMILES string of the molecule is O=C(CNC(=O)c1ccc(S(=O)(=O)Nc2ccccc2Oc2ccccc2)cc1)NCC1CCNCC1. The number of ether oxygens (including phenoxy) is 1. The molecule has 0 aromatic heterocycles. The Kier molecular flexibility index (Phi) is 8.76. The molecule has 3 aromatic rings. The van der Waals surface area contributed by atoms with Crippen molar-refractivity contribution in [3.63, 3.8) is 0 Å². The molecule has 37 heavy (non-hydrogen) atoms. The summed E-state index contributed by atoms with van der Waals surface area (Å²) in [5.41, 5.74) is 0.529. The van der Waals surface area contributed by atoms with E-state index < -0.39 is 15.9 Å². The molecule has 0 aliphatic carbocycles. The summed E-state index contributed by atoms with van der Waals surface area (Å²) in [6.07, 6.45) is 2.03. The highest BCUT2D eigenvalue weighted by Crippen LogP contribution is 2.30. The third kappa shape index (κ3) is 7.55. The Morgan fingerprint density at radius 3 is 2.27 bits per heavy atom. The summed E-state index contributed by atoms with van der Waals surface area (Å²) < 4.78 is 34.3. The molecule has 1 aliphatic heterocycles. The van der Waals surface area contributed by atoms with Crippen LogP contribution in [0.2, 0.25) is 0 Å². The van der Waals surface area contributed by atoms with E-state index in [2.05, 4.69) is 20.7 Å². The summed E-state index contributed by atoms with van der Waals surface area (Å²) in [6.45, 7) is 2.35. The van der Waals surface area contributed by atoms with E-state index in [0.717, 1.165) is 25.9 Å². The molecule has 4 N–H and O–H groups in total. The van der Waals surface area contributed by atoms with Crippen LogP contribution in [-0.2, 0) is 14.8 Å². The zero-order valence-corrected chi connectivity index (χ0v) is 21.1. The van der Waals surface area contributed by atoms with Crippen molar-refractivity contribution in [2.45, 2.75) is 17.7 Å². The van der Waals surface area contributed by atoms with Crippen LogP contribution in [0.3, 0.4) is 0 Å². The van der Waals surface area contributed by atoms with Crippen molar-refractivity contribution in [2.24, 2.45) is 5.92 Å². The summed E-state index contributed by atoms with van der Waals surface area (Å²) in [5.74, 6) is 0.652. The first-order valence-electron chi connectivity index (χ1n) is 12.1. The number of carbonyl (C=O) groups excluding carboxylic acids is 2. The van der Waals surface area contributed by atoms with Crippen LogP contribution < -0.4 is 25.4 Å². The second-order valence-electron chi connectivity index (χ2n) is 8.72. The summed E-state index contributed by atoms with van der Waals surface area (Å²) in [4.78, 5) is 24.5. The number of amides is 2. The Morgan fingerprint density at radius 1 is 0.865 bits per heavy atom. The standard InChI is InChI=1S/C27H30N4O5S/c32-26(29-18-20-14-16-28-17-15-20)19-30-27(33)21-10-12-23(13-11-21)37(34,35)31-24-8-4-5-9-25(24)36-22-6-2-1-3-7-22/h1-13,20,28,31H,14-19H2,(H,29,32)(H,30,33). The molecule has 9 nitrogen and oxygen atoms in total. The number of benzene rings is 3. The van der Waals surface area contributed by atoms with E-state index in [1.54, 1.807) is 36.4 Å². The molecular weight excluding hydrogens is 492 g/mol. The van der Waals surface area contributed by atoms with Gasteiger partial charge < -0.3 is 20.7 Å². The first-order valence-corrected chi connectivity index (χ1v) is 13.6. The van der Waals surface area contributed by atoms with Gasteiger partial charge in [-0.15, -0.1) is 0 Å². The number of hydrogen-bond donors (Lipinski definition) is 4. The average Bonchev–Trinajstić information content (AvgIpc) is 2.93. The van der Waals surface area contributed by atoms with E-state index >= 15 is 0 Å². The maximum absolute atomic E-state index is 13.0. The predicted octanol–water partition coefficient (Wildman–Crippen LogP) is 3.13. The van der Waals surface area contributed by atoms with Crippen LogP contribution in [0.5, 0.6) is 11.5 Å². The van der Waals surface area contributed by atoms with Gasteiger partial charge in [0.15, 0.2) is 5.75 Å². The summed E-state index contributed by atoms with van der Waals surface area (Å²) in [6, 6.07) is 21.3. The molecule has 0 unspecified atom stereocenters. The van der Waals surface area contributed by atoms with Gasteiger partial charge in [0.05, 0.1) is 17.1 Å². The fraction of sp³-hybridized carbons (Fsp3) is 0.259. The molecule has 194 valence electrons. The topological polar surface area (TPSA) is 126 Å². The molecule has 1 saturated heterocycles. The van der Waals surface area contributed by atoms with Crippen LogP contribution in [0.25, 0.3) is 0 Å². The first kappa shape index (κ1) is 26.2. The molecule has 4 rings (SSSR count). The lowest BCUT2D eigenvalue weighted by Gasteiger charge is -2.22. The van der Waals surface area contributed by atoms with Crippen molar-refractivity contribution in [1.29, 1.82) is 0 Å². The quantitative estimate of drug-likeness (QED) is 0.324. The van der Waals surface area contributed by atoms with Gasteiger partial charge in [0.2, 0.25) is 5.91 Å². The molecule has 0 atom stereocenters. The molecule has 0 spiro atoms. The second-order valence-corrected chi connectivity index (χ2v) is 10.4. The van der Waals surface area contributed by atoms with Crippen molar-refractivity contribution in [1.82, 2.24) is 16.0 Å². The maximum atomic E-state index is 13.0. The number of nitrogens with one attached hydrogen (secondary N) is 4. The zero-order chi connectivity index (χ0) is 26.1. The molecule has 1 fully saturated rings. The molecule has 1 aliphatic rings. The Labute approximate surface area is 216 Å². The molecule has 2 amide bonds. The summed E-state index contributed by atoms with van der Waals surface area (Å²) >= 11 is 0. The normalized spacial score (nSPS) is 13.9. The van der Waals surface area contributed by atoms with Gasteiger partial charge in [-0.3, -0.25) is 14.3 Å². The number of anilines is 1. The Hall–Kier alpha value is -3.89. The van der Waals surface area contributed by atoms with Crippen molar-refractivity contribution >= 4 is 27.5 Å². The summed E-state index contributed by atoms with van der Waals surface area (Å²) in [7, 11) is -3.94. The smallest absolute Gasteiger partial charge is 0.262 e. The van der Waals surface area contributed by atoms with Crippen LogP contribution in [0, 0.1) is 5.92 Å². The van der Waals surface area contributed by atoms with E-state index in [-0.39, 0.29) is 28.6 Å². The van der Waals surface area contributed by atoms with Crippen LogP contribution in [-0.4, -0.2) is 46.4 Å². The zero-order valence-electron chi connectivity index (χ0n) is 20.3. The van der Waals surface area contributed by atoms with Crippen molar-refractivity contribution in [3.8, 4) is 11.5 Å². The lowest BCUT2D eigenvalue weighted by molar-refractivity contribution is -0.120. The number of carbonyl (C=O) groups is 2. The first-order chi connectivity index (χ1) is 17.9. The number of piperidine rings is 1. The molecule has 3 aromatic carbocycles. The van der Waals surface area contributed by atoms with Gasteiger partial charge in [-0.05, 0) is 80.4 Å². The average molecular weight is 523 g/mol. The van der Waals surface area contributed by atoms with Crippen LogP contribution in [0.15, 0.2) is 83.8 Å². The second kappa shape index (κ2) is 12.4. The van der Waals surface area contributed by atoms with Crippen LogP contribution in [0.4, 0.5) is 5.69 Å². The predicted molar refractivity (Wildman–Crippen MR) is 141 cm³/mol. The third-order valence-corrected chi connectivity index (χ3v) is 7.37. The van der Waals surface area contributed by atoms with E-state index in [1.165, 1.54) is 24.3 Å². The molecule has 0 bridgehead atoms. The van der Waals surface area contributed by atoms with Crippen LogP contribution in [0.1, 0.15) is 23.2 Å². The molecule has 0 saturated carbocycles. The molecule has 1 heterocycles. The maximum Gasteiger partial charge on any atom is 0.262 e. The van der Waals surface area contributed by atoms with Gasteiger partial charge in [0.1, 0.15) is 5.75 Å². The van der Waals surface area contributed by atoms with Gasteiger partial charge in [0.25, 0.3) is 15.9 Å². The number of hydrogen-bond acceptors (Lipinski definition) is 6. The fourth-order valence-corrected chi connectivity index (χ4v) is 4.98. The van der Waals surface area contributed by atoms with E-state index in [9.17, 15) is 18.0 Å². The highest BCUT2D eigenvalue weighted by Gasteiger charge is 2.18.